The van der Waals surface area contributed by atoms with Crippen LogP contribution in [0.25, 0.3) is 33.5 Å². The van der Waals surface area contributed by atoms with Crippen molar-refractivity contribution in [3.63, 3.8) is 0 Å². The smallest absolute Gasteiger partial charge is 0.149 e. The Hall–Kier alpha value is -3.47. The molecule has 1 heterocycles. The van der Waals surface area contributed by atoms with Crippen molar-refractivity contribution in [2.24, 2.45) is 0 Å². The normalized spacial score (nSPS) is 11.6. The van der Waals surface area contributed by atoms with Gasteiger partial charge in [0.05, 0.1) is 25.6 Å². The van der Waals surface area contributed by atoms with Crippen molar-refractivity contribution in [2.75, 3.05) is 0 Å². The second kappa shape index (κ2) is 9.41. The van der Waals surface area contributed by atoms with Gasteiger partial charge in [-0.05, 0) is 96.2 Å². The molecule has 0 aliphatic carbocycles. The zero-order valence-corrected chi connectivity index (χ0v) is 20.8. The molecule has 0 aliphatic rings. The zero-order valence-electron chi connectivity index (χ0n) is 17.6. The second-order valence-electron chi connectivity index (χ2n) is 7.70. The molecule has 0 saturated carbocycles. The number of hydrogen-bond acceptors (Lipinski definition) is 3. The fourth-order valence-electron chi connectivity index (χ4n) is 3.71. The fraction of sp³-hybridized carbons (Fsp3) is 0.0370. The van der Waals surface area contributed by atoms with Gasteiger partial charge in [-0.3, -0.25) is 0 Å². The maximum absolute atomic E-state index is 13.5. The standard InChI is InChI=1S/C27H16Br2FN3O/c28-22-11-17(10-20(14-31)27-32-24-8-7-21(30)13-25(24)33-27)12-23(29)26(22)34-15-16-5-6-18-3-1-2-4-19(18)9-16/h1-13H,15H2,(H,32,33)/b20-10-. The van der Waals surface area contributed by atoms with Crippen LogP contribution in [0.2, 0.25) is 0 Å². The first kappa shape index (κ1) is 22.3. The number of aromatic amines is 1. The molecule has 0 fully saturated rings. The molecule has 0 bridgehead atoms. The minimum atomic E-state index is -0.364. The lowest BCUT2D eigenvalue weighted by Gasteiger charge is -2.12. The highest BCUT2D eigenvalue weighted by atomic mass is 79.9. The molecule has 34 heavy (non-hydrogen) atoms. The van der Waals surface area contributed by atoms with Gasteiger partial charge in [0, 0.05) is 0 Å². The Morgan fingerprint density at radius 2 is 1.76 bits per heavy atom. The van der Waals surface area contributed by atoms with E-state index in [9.17, 15) is 9.65 Å². The van der Waals surface area contributed by atoms with Crippen LogP contribution in [-0.2, 0) is 6.61 Å². The van der Waals surface area contributed by atoms with E-state index in [1.807, 2.05) is 24.3 Å². The molecular formula is C27H16Br2FN3O. The predicted octanol–water partition coefficient (Wildman–Crippen LogP) is 8.02. The number of rotatable bonds is 5. The molecule has 4 aromatic carbocycles. The van der Waals surface area contributed by atoms with Crippen LogP contribution >= 0.6 is 31.9 Å². The van der Waals surface area contributed by atoms with Gasteiger partial charge in [-0.15, -0.1) is 0 Å². The molecule has 0 amide bonds. The Morgan fingerprint density at radius 3 is 2.53 bits per heavy atom. The summed E-state index contributed by atoms with van der Waals surface area (Å²) in [4.78, 5) is 7.42. The van der Waals surface area contributed by atoms with E-state index < -0.39 is 0 Å². The predicted molar refractivity (Wildman–Crippen MR) is 140 cm³/mol. The Labute approximate surface area is 212 Å². The molecule has 0 unspecified atom stereocenters. The number of allylic oxidation sites excluding steroid dienone is 1. The van der Waals surface area contributed by atoms with E-state index >= 15 is 0 Å². The molecule has 0 saturated heterocycles. The van der Waals surface area contributed by atoms with Crippen molar-refractivity contribution in [3.05, 3.63) is 105 Å². The summed E-state index contributed by atoms with van der Waals surface area (Å²) in [5.41, 5.74) is 3.31. The number of benzene rings is 4. The number of nitrogens with zero attached hydrogens (tertiary/aromatic N) is 2. The zero-order chi connectivity index (χ0) is 23.7. The Morgan fingerprint density at radius 1 is 1.00 bits per heavy atom. The number of nitrogens with one attached hydrogen (secondary N) is 1. The van der Waals surface area contributed by atoms with Gasteiger partial charge in [-0.25, -0.2) is 9.37 Å². The highest BCUT2D eigenvalue weighted by Gasteiger charge is 2.12. The molecule has 0 atom stereocenters. The summed E-state index contributed by atoms with van der Waals surface area (Å²) < 4.78 is 21.1. The number of ether oxygens (including phenoxy) is 1. The van der Waals surface area contributed by atoms with E-state index in [2.05, 4.69) is 78.2 Å². The summed E-state index contributed by atoms with van der Waals surface area (Å²) in [6.07, 6.45) is 1.72. The molecule has 1 N–H and O–H groups in total. The number of imidazole rings is 1. The van der Waals surface area contributed by atoms with E-state index in [4.69, 9.17) is 4.74 Å². The van der Waals surface area contributed by atoms with E-state index in [0.29, 0.717) is 34.8 Å². The molecule has 0 radical (unpaired) electrons. The minimum Gasteiger partial charge on any atom is -0.487 e. The van der Waals surface area contributed by atoms with E-state index in [-0.39, 0.29) is 5.82 Å². The third kappa shape index (κ3) is 4.60. The van der Waals surface area contributed by atoms with Crippen molar-refractivity contribution >= 4 is 65.3 Å². The monoisotopic (exact) mass is 575 g/mol. The summed E-state index contributed by atoms with van der Waals surface area (Å²) in [5.74, 6) is 0.687. The van der Waals surface area contributed by atoms with Crippen molar-refractivity contribution in [1.29, 1.82) is 5.26 Å². The van der Waals surface area contributed by atoms with Crippen LogP contribution < -0.4 is 4.74 Å². The van der Waals surface area contributed by atoms with Crippen LogP contribution in [0.5, 0.6) is 5.75 Å². The van der Waals surface area contributed by atoms with Gasteiger partial charge < -0.3 is 9.72 Å². The van der Waals surface area contributed by atoms with E-state index in [1.54, 1.807) is 12.1 Å². The topological polar surface area (TPSA) is 61.7 Å². The number of halogens is 3. The summed E-state index contributed by atoms with van der Waals surface area (Å²) in [7, 11) is 0. The maximum Gasteiger partial charge on any atom is 0.149 e. The summed E-state index contributed by atoms with van der Waals surface area (Å²) in [6, 6.07) is 24.7. The molecule has 4 nitrogen and oxygen atoms in total. The van der Waals surface area contributed by atoms with Gasteiger partial charge in [0.2, 0.25) is 0 Å². The average Bonchev–Trinajstić information content (AvgIpc) is 3.25. The minimum absolute atomic E-state index is 0.334. The first-order valence-corrected chi connectivity index (χ1v) is 12.0. The maximum atomic E-state index is 13.5. The van der Waals surface area contributed by atoms with Crippen molar-refractivity contribution in [3.8, 4) is 11.8 Å². The van der Waals surface area contributed by atoms with Crippen molar-refractivity contribution < 1.29 is 9.13 Å². The largest absolute Gasteiger partial charge is 0.487 e. The Kier molecular flexibility index (Phi) is 6.18. The lowest BCUT2D eigenvalue weighted by molar-refractivity contribution is 0.302. The number of H-pyrrole nitrogens is 1. The lowest BCUT2D eigenvalue weighted by atomic mass is 10.1. The average molecular weight is 577 g/mol. The van der Waals surface area contributed by atoms with Gasteiger partial charge >= 0.3 is 0 Å². The first-order valence-electron chi connectivity index (χ1n) is 10.4. The van der Waals surface area contributed by atoms with Crippen LogP contribution in [0.15, 0.2) is 81.7 Å². The number of fused-ring (bicyclic) bond motifs is 2. The lowest BCUT2D eigenvalue weighted by Crippen LogP contribution is -1.97. The van der Waals surface area contributed by atoms with Crippen LogP contribution in [0, 0.1) is 17.1 Å². The molecule has 5 rings (SSSR count). The van der Waals surface area contributed by atoms with Gasteiger partial charge in [0.25, 0.3) is 0 Å². The quantitative estimate of drug-likeness (QED) is 0.215. The molecule has 7 heteroatoms. The molecular weight excluding hydrogens is 561 g/mol. The van der Waals surface area contributed by atoms with Gasteiger partial charge in [-0.2, -0.15) is 5.26 Å². The van der Waals surface area contributed by atoms with E-state index in [0.717, 1.165) is 20.1 Å². The fourth-order valence-corrected chi connectivity index (χ4v) is 5.17. The first-order chi connectivity index (χ1) is 16.5. The van der Waals surface area contributed by atoms with Crippen LogP contribution in [0.1, 0.15) is 17.0 Å². The van der Waals surface area contributed by atoms with Crippen molar-refractivity contribution in [2.45, 2.75) is 6.61 Å². The third-order valence-corrected chi connectivity index (χ3v) is 6.53. The number of hydrogen-bond donors (Lipinski definition) is 1. The van der Waals surface area contributed by atoms with Crippen LogP contribution in [0.4, 0.5) is 4.39 Å². The summed E-state index contributed by atoms with van der Waals surface area (Å²) in [5, 5.41) is 12.1. The third-order valence-electron chi connectivity index (χ3n) is 5.35. The summed E-state index contributed by atoms with van der Waals surface area (Å²) in [6.45, 7) is 0.413. The highest BCUT2D eigenvalue weighted by molar-refractivity contribution is 9.11. The molecule has 5 aromatic rings. The molecule has 1 aromatic heterocycles. The van der Waals surface area contributed by atoms with Crippen LogP contribution in [-0.4, -0.2) is 9.97 Å². The second-order valence-corrected chi connectivity index (χ2v) is 9.41. The van der Waals surface area contributed by atoms with Crippen molar-refractivity contribution in [1.82, 2.24) is 9.97 Å². The Bertz CT molecular complexity index is 1590. The highest BCUT2D eigenvalue weighted by Crippen LogP contribution is 2.36. The molecule has 0 aliphatic heterocycles. The molecule has 0 spiro atoms. The summed E-state index contributed by atoms with van der Waals surface area (Å²) >= 11 is 7.17. The number of nitriles is 1. The van der Waals surface area contributed by atoms with Crippen LogP contribution in [0.3, 0.4) is 0 Å². The number of aromatic nitrogens is 2. The van der Waals surface area contributed by atoms with Gasteiger partial charge in [0.1, 0.15) is 30.1 Å². The SMILES string of the molecule is N#C/C(=C/c1cc(Br)c(OCc2ccc3ccccc3c2)c(Br)c1)c1nc2ccc(F)cc2[nH]1. The molecule has 166 valence electrons. The van der Waals surface area contributed by atoms with Gasteiger partial charge in [-0.1, -0.05) is 36.4 Å². The van der Waals surface area contributed by atoms with Gasteiger partial charge in [0.15, 0.2) is 0 Å². The van der Waals surface area contributed by atoms with E-state index in [1.165, 1.54) is 22.9 Å². The Balaban J connectivity index is 1.39.